The Morgan fingerprint density at radius 2 is 1.29 bits per heavy atom. The van der Waals surface area contributed by atoms with Gasteiger partial charge in [0, 0.05) is 41.4 Å². The Morgan fingerprint density at radius 1 is 0.661 bits per heavy atom. The van der Waals surface area contributed by atoms with Crippen molar-refractivity contribution >= 4 is 11.4 Å². The van der Waals surface area contributed by atoms with Crippen LogP contribution in [0.2, 0.25) is 0 Å². The lowest BCUT2D eigenvalue weighted by atomic mass is 9.93. The molecule has 0 fully saturated rings. The molecular formula is C60H60N2. The van der Waals surface area contributed by atoms with Gasteiger partial charge in [-0.05, 0) is 133 Å². The van der Waals surface area contributed by atoms with E-state index in [2.05, 4.69) is 230 Å². The third-order valence-electron chi connectivity index (χ3n) is 11.7. The summed E-state index contributed by atoms with van der Waals surface area (Å²) in [6.07, 6.45) is 35.7. The van der Waals surface area contributed by atoms with Crippen LogP contribution < -0.4 is 9.80 Å². The number of nitrogens with zero attached hydrogens (tertiary/aromatic N) is 2. The van der Waals surface area contributed by atoms with E-state index in [1.165, 1.54) is 61.7 Å². The van der Waals surface area contributed by atoms with Gasteiger partial charge in [0.15, 0.2) is 0 Å². The Hall–Kier alpha value is -6.90. The fourth-order valence-electron chi connectivity index (χ4n) is 8.26. The van der Waals surface area contributed by atoms with Crippen molar-refractivity contribution in [2.45, 2.75) is 57.8 Å². The minimum Gasteiger partial charge on any atom is -0.348 e. The molecule has 0 saturated carbocycles. The van der Waals surface area contributed by atoms with Crippen molar-refractivity contribution in [2.75, 3.05) is 16.3 Å². The predicted octanol–water partition coefficient (Wildman–Crippen LogP) is 16.4. The maximum absolute atomic E-state index is 4.45. The van der Waals surface area contributed by atoms with Crippen LogP contribution in [0.25, 0.3) is 22.3 Å². The third kappa shape index (κ3) is 11.9. The summed E-state index contributed by atoms with van der Waals surface area (Å²) >= 11 is 0. The van der Waals surface area contributed by atoms with Gasteiger partial charge >= 0.3 is 0 Å². The number of rotatable bonds is 18. The maximum atomic E-state index is 4.45. The Morgan fingerprint density at radius 3 is 1.95 bits per heavy atom. The summed E-state index contributed by atoms with van der Waals surface area (Å²) in [5.74, 6) is 0.389. The summed E-state index contributed by atoms with van der Waals surface area (Å²) in [6.45, 7) is 11.4. The molecule has 2 aliphatic rings. The molecule has 1 atom stereocenters. The molecule has 5 aromatic carbocycles. The highest BCUT2D eigenvalue weighted by atomic mass is 15.2. The average Bonchev–Trinajstić information content (AvgIpc) is 3.59. The van der Waals surface area contributed by atoms with E-state index in [-0.39, 0.29) is 0 Å². The zero-order valence-electron chi connectivity index (χ0n) is 36.3. The van der Waals surface area contributed by atoms with Crippen molar-refractivity contribution in [3.63, 3.8) is 0 Å². The first-order chi connectivity index (χ1) is 30.6. The summed E-state index contributed by atoms with van der Waals surface area (Å²) in [7, 11) is 0. The van der Waals surface area contributed by atoms with Crippen LogP contribution in [0.15, 0.2) is 260 Å². The number of hydrogen-bond donors (Lipinski definition) is 0. The molecule has 1 unspecified atom stereocenters. The molecule has 0 bridgehead atoms. The molecule has 0 spiro atoms. The van der Waals surface area contributed by atoms with E-state index in [1.807, 2.05) is 12.2 Å². The van der Waals surface area contributed by atoms with Crippen LogP contribution >= 0.6 is 0 Å². The lowest BCUT2D eigenvalue weighted by Gasteiger charge is -2.31. The summed E-state index contributed by atoms with van der Waals surface area (Å²) in [4.78, 5) is 4.82. The quantitative estimate of drug-likeness (QED) is 0.0643. The number of unbranched alkanes of at least 4 members (excludes halogenated alkanes) is 1. The summed E-state index contributed by atoms with van der Waals surface area (Å²) in [5.41, 5.74) is 14.9. The minimum absolute atomic E-state index is 0.389. The molecule has 2 heteroatoms. The molecule has 0 N–H and O–H groups in total. The lowest BCUT2D eigenvalue weighted by Crippen LogP contribution is -2.23. The second kappa shape index (κ2) is 22.6. The lowest BCUT2D eigenvalue weighted by molar-refractivity contribution is 0.732. The summed E-state index contributed by atoms with van der Waals surface area (Å²) < 4.78 is 0. The van der Waals surface area contributed by atoms with Crippen LogP contribution in [0.3, 0.4) is 0 Å². The van der Waals surface area contributed by atoms with E-state index in [4.69, 9.17) is 0 Å². The highest BCUT2D eigenvalue weighted by Gasteiger charge is 2.22. The fourth-order valence-corrected chi connectivity index (χ4v) is 8.26. The van der Waals surface area contributed by atoms with Crippen molar-refractivity contribution in [1.82, 2.24) is 0 Å². The van der Waals surface area contributed by atoms with E-state index >= 15 is 0 Å². The molecule has 2 nitrogen and oxygen atoms in total. The monoisotopic (exact) mass is 808 g/mol. The van der Waals surface area contributed by atoms with Gasteiger partial charge in [0.05, 0.1) is 0 Å². The van der Waals surface area contributed by atoms with Gasteiger partial charge in [-0.2, -0.15) is 0 Å². The minimum atomic E-state index is 0.389. The van der Waals surface area contributed by atoms with Gasteiger partial charge in [-0.25, -0.2) is 0 Å². The second-order valence-corrected chi connectivity index (χ2v) is 16.0. The molecule has 310 valence electrons. The van der Waals surface area contributed by atoms with Gasteiger partial charge in [-0.3, -0.25) is 0 Å². The van der Waals surface area contributed by atoms with Gasteiger partial charge in [0.1, 0.15) is 0 Å². The number of anilines is 2. The Balaban J connectivity index is 1.05. The first kappa shape index (κ1) is 43.2. The topological polar surface area (TPSA) is 6.48 Å². The van der Waals surface area contributed by atoms with E-state index in [9.17, 15) is 0 Å². The Labute approximate surface area is 371 Å². The van der Waals surface area contributed by atoms with Gasteiger partial charge < -0.3 is 9.80 Å². The molecule has 0 aliphatic heterocycles. The van der Waals surface area contributed by atoms with Gasteiger partial charge in [0.25, 0.3) is 0 Å². The summed E-state index contributed by atoms with van der Waals surface area (Å²) in [5, 5.41) is 0. The van der Waals surface area contributed by atoms with Crippen LogP contribution in [-0.2, 0) is 0 Å². The molecule has 62 heavy (non-hydrogen) atoms. The van der Waals surface area contributed by atoms with Crippen molar-refractivity contribution in [1.29, 1.82) is 0 Å². The molecular weight excluding hydrogens is 749 g/mol. The zero-order chi connectivity index (χ0) is 42.8. The Bertz CT molecular complexity index is 2470. The smallest absolute Gasteiger partial charge is 0.0493 e. The van der Waals surface area contributed by atoms with Crippen LogP contribution in [0.5, 0.6) is 0 Å². The third-order valence-corrected chi connectivity index (χ3v) is 11.7. The van der Waals surface area contributed by atoms with Crippen molar-refractivity contribution in [3.05, 3.63) is 265 Å². The van der Waals surface area contributed by atoms with Crippen molar-refractivity contribution in [3.8, 4) is 22.3 Å². The van der Waals surface area contributed by atoms with Crippen LogP contribution in [0, 0.1) is 0 Å². The predicted molar refractivity (Wildman–Crippen MR) is 269 cm³/mol. The second-order valence-electron chi connectivity index (χ2n) is 16.0. The van der Waals surface area contributed by atoms with Crippen molar-refractivity contribution < 1.29 is 0 Å². The van der Waals surface area contributed by atoms with Crippen LogP contribution in [0.4, 0.5) is 11.4 Å². The zero-order valence-corrected chi connectivity index (χ0v) is 36.3. The molecule has 2 aliphatic carbocycles. The van der Waals surface area contributed by atoms with E-state index in [0.29, 0.717) is 5.92 Å². The largest absolute Gasteiger partial charge is 0.348 e. The number of benzene rings is 5. The highest BCUT2D eigenvalue weighted by Crippen LogP contribution is 2.37. The first-order valence-corrected chi connectivity index (χ1v) is 22.3. The number of allylic oxidation sites excluding steroid dienone is 15. The molecule has 0 amide bonds. The molecule has 7 rings (SSSR count). The maximum Gasteiger partial charge on any atom is 0.0493 e. The molecule has 0 heterocycles. The van der Waals surface area contributed by atoms with Gasteiger partial charge in [-0.1, -0.05) is 189 Å². The highest BCUT2D eigenvalue weighted by molar-refractivity contribution is 5.71. The van der Waals surface area contributed by atoms with Gasteiger partial charge in [0.2, 0.25) is 0 Å². The van der Waals surface area contributed by atoms with Gasteiger partial charge in [-0.15, -0.1) is 0 Å². The fraction of sp³-hybridized carbons (Fsp3) is 0.167. The van der Waals surface area contributed by atoms with E-state index in [1.54, 1.807) is 6.08 Å². The SMILES string of the molecule is C=C/C=C\C=C\N(CCCCC(=C)/C=C/C=C(\C)C1=C(N(C2=CCCC(c3ccccc3)C=C2)c2ccc(-c3ccccc3)cc2)C=CCC1)c1ccc(-c2ccccc2)cc1. The van der Waals surface area contributed by atoms with E-state index < -0.39 is 0 Å². The molecule has 0 radical (unpaired) electrons. The Kier molecular flexibility index (Phi) is 15.8. The molecule has 5 aromatic rings. The summed E-state index contributed by atoms with van der Waals surface area (Å²) in [6, 6.07) is 50.0. The standard InChI is InChI=1S/C60H60N2/c1-4-5-6-19-46-61(56-41-36-54(37-42-56)51-28-12-8-13-29-51)47-20-18-23-48(2)24-21-25-49(3)59-34-16-17-35-60(59)62(58-44-39-55(40-45-58)52-30-14-9-15-31-52)57-33-22-32-53(38-43-57)50-26-10-7-11-27-50/h4-15,17,19,21,24-31,33,35-46,53H,1-2,16,18,20,22-23,32,34,47H2,3H3/b6-5-,24-21+,46-19+,49-25+. The van der Waals surface area contributed by atoms with Crippen molar-refractivity contribution in [2.24, 2.45) is 0 Å². The average molecular weight is 809 g/mol. The first-order valence-electron chi connectivity index (χ1n) is 22.3. The number of hydrogen-bond acceptors (Lipinski definition) is 2. The molecule has 0 saturated heterocycles. The molecule has 0 aromatic heterocycles. The van der Waals surface area contributed by atoms with Crippen LogP contribution in [-0.4, -0.2) is 6.54 Å². The van der Waals surface area contributed by atoms with E-state index in [0.717, 1.165) is 57.1 Å². The normalized spacial score (nSPS) is 15.6. The van der Waals surface area contributed by atoms with Crippen LogP contribution in [0.1, 0.15) is 63.4 Å².